The molecule has 0 fully saturated rings. The Hall–Kier alpha value is -10.8. The van der Waals surface area contributed by atoms with E-state index in [9.17, 15) is 13.2 Å². The zero-order valence-corrected chi connectivity index (χ0v) is 39.0. The summed E-state index contributed by atoms with van der Waals surface area (Å²) in [6, 6.07) is 49.2. The molecule has 0 aliphatic heterocycles. The number of fused-ring (bicyclic) bond motifs is 2. The van der Waals surface area contributed by atoms with Crippen LogP contribution in [0.2, 0.25) is 5.02 Å². The molecule has 0 bridgehead atoms. The largest absolute Gasteiger partial charge is 0.417 e. The van der Waals surface area contributed by atoms with Gasteiger partial charge < -0.3 is 5.32 Å². The summed E-state index contributed by atoms with van der Waals surface area (Å²) in [4.78, 5) is 25.0. The van der Waals surface area contributed by atoms with Crippen molar-refractivity contribution >= 4 is 44.9 Å². The zero-order valence-electron chi connectivity index (χ0n) is 38.3. The van der Waals surface area contributed by atoms with Crippen molar-refractivity contribution in [3.05, 3.63) is 198 Å². The number of benzene rings is 4. The number of tetrazole rings is 3. The van der Waals surface area contributed by atoms with Crippen molar-refractivity contribution in [2.45, 2.75) is 6.18 Å². The van der Waals surface area contributed by atoms with Crippen molar-refractivity contribution in [1.82, 2.24) is 85.5 Å². The molecule has 362 valence electrons. The van der Waals surface area contributed by atoms with Crippen LogP contribution < -0.4 is 5.32 Å². The van der Waals surface area contributed by atoms with Gasteiger partial charge in [0.25, 0.3) is 0 Å². The molecule has 75 heavy (non-hydrogen) atoms. The van der Waals surface area contributed by atoms with Crippen molar-refractivity contribution < 1.29 is 13.2 Å². The second-order valence-electron chi connectivity index (χ2n) is 15.6. The lowest BCUT2D eigenvalue weighted by Gasteiger charge is -2.10. The van der Waals surface area contributed by atoms with Crippen LogP contribution in [0.25, 0.3) is 73.3 Å². The van der Waals surface area contributed by atoms with Crippen LogP contribution in [0, 0.1) is 22.7 Å². The predicted octanol–water partition coefficient (Wildman–Crippen LogP) is 9.43. The summed E-state index contributed by atoms with van der Waals surface area (Å²) in [5, 5.41) is 60.8. The highest BCUT2D eigenvalue weighted by atomic mass is 35.5. The fourth-order valence-electron chi connectivity index (χ4n) is 6.95. The number of nitrogens with one attached hydrogen (secondary N) is 1. The summed E-state index contributed by atoms with van der Waals surface area (Å²) in [6.07, 6.45) is 1.05. The number of nitrogens with zero attached hydrogens (tertiary/aromatic N) is 19. The molecule has 0 saturated heterocycles. The Kier molecular flexibility index (Phi) is 13.6. The van der Waals surface area contributed by atoms with Crippen LogP contribution in [0.1, 0.15) is 16.7 Å². The van der Waals surface area contributed by atoms with Crippen LogP contribution >= 0.6 is 11.6 Å². The maximum absolute atomic E-state index is 12.7. The molecule has 0 radical (unpaired) electrons. The molecule has 0 aliphatic carbocycles. The van der Waals surface area contributed by atoms with Gasteiger partial charge in [0, 0.05) is 29.4 Å². The molecule has 0 unspecified atom stereocenters. The van der Waals surface area contributed by atoms with Crippen LogP contribution in [0.4, 0.5) is 24.8 Å². The average molecular weight is 1020 g/mol. The van der Waals surface area contributed by atoms with Gasteiger partial charge in [0.1, 0.15) is 34.4 Å². The first-order valence-corrected chi connectivity index (χ1v) is 22.4. The summed E-state index contributed by atoms with van der Waals surface area (Å²) in [5.74, 6) is 1.62. The highest BCUT2D eigenvalue weighted by Crippen LogP contribution is 2.33. The molecule has 0 spiro atoms. The topological polar surface area (TPSA) is 255 Å². The Morgan fingerprint density at radius 3 is 1.72 bits per heavy atom. The van der Waals surface area contributed by atoms with Crippen molar-refractivity contribution in [3.8, 4) is 63.8 Å². The molecule has 12 aromatic rings. The van der Waals surface area contributed by atoms with Crippen LogP contribution in [-0.2, 0) is 6.18 Å². The van der Waals surface area contributed by atoms with E-state index in [-0.39, 0.29) is 10.8 Å². The molecule has 0 saturated carbocycles. The zero-order chi connectivity index (χ0) is 51.7. The first kappa shape index (κ1) is 47.9. The third kappa shape index (κ3) is 11.2. The van der Waals surface area contributed by atoms with Crippen molar-refractivity contribution in [2.75, 3.05) is 5.32 Å². The summed E-state index contributed by atoms with van der Waals surface area (Å²) in [7, 11) is 0. The van der Waals surface area contributed by atoms with Crippen LogP contribution in [-0.4, -0.2) is 85.5 Å². The van der Waals surface area contributed by atoms with E-state index in [1.54, 1.807) is 73.1 Å². The Bertz CT molecular complexity index is 3880. The second kappa shape index (κ2) is 21.3. The number of rotatable bonds is 8. The molecule has 12 rings (SSSR count). The highest BCUT2D eigenvalue weighted by Gasteiger charge is 2.31. The van der Waals surface area contributed by atoms with E-state index in [4.69, 9.17) is 22.1 Å². The maximum Gasteiger partial charge on any atom is 0.417 e. The number of halogens is 4. The van der Waals surface area contributed by atoms with E-state index in [1.165, 1.54) is 20.6 Å². The van der Waals surface area contributed by atoms with Gasteiger partial charge in [0.15, 0.2) is 0 Å². The normalized spacial score (nSPS) is 10.9. The van der Waals surface area contributed by atoms with Gasteiger partial charge in [-0.05, 0) is 106 Å². The smallest absolute Gasteiger partial charge is 0.324 e. The molecule has 0 atom stereocenters. The molecule has 8 aromatic heterocycles. The lowest BCUT2D eigenvalue weighted by molar-refractivity contribution is -0.137. The lowest BCUT2D eigenvalue weighted by atomic mass is 10.1. The minimum Gasteiger partial charge on any atom is -0.324 e. The number of hydrogen-bond acceptors (Lipinski definition) is 17. The lowest BCUT2D eigenvalue weighted by Crippen LogP contribution is -2.07. The first-order chi connectivity index (χ1) is 36.6. The third-order valence-electron chi connectivity index (χ3n) is 10.6. The Labute approximate surface area is 426 Å². The van der Waals surface area contributed by atoms with Gasteiger partial charge in [-0.15, -0.1) is 45.0 Å². The molecule has 24 heteroatoms. The SMILES string of the molecule is FC(F)(F)c1cnc(Nc2ccc(-n3nnc(-c4ccccn4)n3)cn2)c(Cl)c1.N#Cc1cccc(-n2nnc(-c3cc4ccccc4cn3)n2)c1.N#Cc1cccc(-n2nnc(-c3ccc4ccccc4n3)n2)c1. The van der Waals surface area contributed by atoms with Gasteiger partial charge in [-0.3, -0.25) is 9.97 Å². The van der Waals surface area contributed by atoms with E-state index in [1.807, 2.05) is 84.9 Å². The van der Waals surface area contributed by atoms with Crippen molar-refractivity contribution in [3.63, 3.8) is 0 Å². The van der Waals surface area contributed by atoms with Gasteiger partial charge >= 0.3 is 6.18 Å². The summed E-state index contributed by atoms with van der Waals surface area (Å²) in [5.41, 5.74) is 4.83. The fourth-order valence-corrected chi connectivity index (χ4v) is 7.17. The number of nitriles is 2. The standard InChI is InChI=1S/C17H10ClF3N8.2C17H10N6/c18-12-7-10(17(19,20)21)8-24-15(12)25-14-5-4-11(9-23-14)29-27-16(26-28-29)13-3-1-2-6-22-13;18-11-12-4-3-6-14(10-12)23-21-17(20-22-23)16-9-8-13-5-1-2-7-15(13)19-16;18-10-12-4-3-7-15(8-12)23-21-17(20-22-23)16-9-13-5-1-2-6-14(13)11-19-16/h1-9H,(H,23,24,25);1-10H;1-9,11H. The van der Waals surface area contributed by atoms with Gasteiger partial charge in [-0.2, -0.15) is 23.7 Å². The minimum atomic E-state index is -4.52. The number of anilines is 2. The molecule has 8 heterocycles. The van der Waals surface area contributed by atoms with E-state index in [2.05, 4.69) is 88.6 Å². The number of para-hydroxylation sites is 1. The molecular formula is C51H30ClF3N20. The second-order valence-corrected chi connectivity index (χ2v) is 16.0. The van der Waals surface area contributed by atoms with Gasteiger partial charge in [0.2, 0.25) is 17.5 Å². The minimum absolute atomic E-state index is 0.0521. The van der Waals surface area contributed by atoms with E-state index < -0.39 is 11.7 Å². The monoisotopic (exact) mass is 1010 g/mol. The van der Waals surface area contributed by atoms with E-state index in [0.29, 0.717) is 74.8 Å². The molecule has 0 aliphatic rings. The molecule has 4 aromatic carbocycles. The van der Waals surface area contributed by atoms with Gasteiger partial charge in [0.05, 0.1) is 56.9 Å². The first-order valence-electron chi connectivity index (χ1n) is 22.1. The quantitative estimate of drug-likeness (QED) is 0.149. The Morgan fingerprint density at radius 2 is 1.11 bits per heavy atom. The Balaban J connectivity index is 0.000000129. The number of pyridine rings is 5. The molecular weight excluding hydrogens is 985 g/mol. The fraction of sp³-hybridized carbons (Fsp3) is 0.0196. The van der Waals surface area contributed by atoms with E-state index >= 15 is 0 Å². The molecule has 0 amide bonds. The van der Waals surface area contributed by atoms with Gasteiger partial charge in [-0.1, -0.05) is 78.3 Å². The van der Waals surface area contributed by atoms with Crippen molar-refractivity contribution in [1.29, 1.82) is 10.5 Å². The van der Waals surface area contributed by atoms with Crippen molar-refractivity contribution in [2.24, 2.45) is 0 Å². The van der Waals surface area contributed by atoms with Crippen LogP contribution in [0.5, 0.6) is 0 Å². The van der Waals surface area contributed by atoms with E-state index in [0.717, 1.165) is 27.7 Å². The summed E-state index contributed by atoms with van der Waals surface area (Å²) >= 11 is 5.88. The number of hydrogen-bond donors (Lipinski definition) is 1. The van der Waals surface area contributed by atoms with Crippen LogP contribution in [0.15, 0.2) is 176 Å². The number of aromatic nitrogens is 17. The number of alkyl halides is 3. The summed E-state index contributed by atoms with van der Waals surface area (Å²) in [6.45, 7) is 0. The third-order valence-corrected chi connectivity index (χ3v) is 10.9. The summed E-state index contributed by atoms with van der Waals surface area (Å²) < 4.78 is 38.1. The highest BCUT2D eigenvalue weighted by molar-refractivity contribution is 6.33. The molecule has 1 N–H and O–H groups in total. The maximum atomic E-state index is 12.7. The molecule has 20 nitrogen and oxygen atoms in total. The predicted molar refractivity (Wildman–Crippen MR) is 267 cm³/mol. The average Bonchev–Trinajstić information content (AvgIpc) is 4.28. The Morgan fingerprint density at radius 1 is 0.493 bits per heavy atom. The van der Waals surface area contributed by atoms with Crippen LogP contribution in [0.3, 0.4) is 0 Å². The van der Waals surface area contributed by atoms with Gasteiger partial charge in [-0.25, -0.2) is 15.0 Å².